The summed E-state index contributed by atoms with van der Waals surface area (Å²) in [6.07, 6.45) is 9.43. The summed E-state index contributed by atoms with van der Waals surface area (Å²) in [4.78, 5) is 0. The van der Waals surface area contributed by atoms with Crippen LogP contribution in [0.2, 0.25) is 0 Å². The quantitative estimate of drug-likeness (QED) is 0.351. The van der Waals surface area contributed by atoms with Crippen LogP contribution in [-0.4, -0.2) is 17.8 Å². The molecular weight excluding hydrogens is 131 g/mol. The van der Waals surface area contributed by atoms with Crippen molar-refractivity contribution in [2.75, 3.05) is 6.35 Å². The van der Waals surface area contributed by atoms with Crippen LogP contribution in [0.1, 0.15) is 0 Å². The molecule has 2 unspecified atom stereocenters. The van der Waals surface area contributed by atoms with Crippen molar-refractivity contribution in [1.82, 2.24) is 0 Å². The Hall–Kier alpha value is -0.420. The molecular formula is C7H9OP+2. The number of rotatable bonds is 0. The maximum absolute atomic E-state index is 5.37. The highest BCUT2D eigenvalue weighted by Gasteiger charge is 2.35. The molecule has 1 aliphatic heterocycles. The second kappa shape index (κ2) is 2.07. The normalized spacial score (nSPS) is 32.9. The number of carbonyl (C=O) groups excluding carboxylic acids is 1. The summed E-state index contributed by atoms with van der Waals surface area (Å²) >= 11 is 0. The van der Waals surface area contributed by atoms with Gasteiger partial charge in [0.25, 0.3) is 0 Å². The molecule has 2 rings (SSSR count). The summed E-state index contributed by atoms with van der Waals surface area (Å²) in [6, 6.07) is 0. The van der Waals surface area contributed by atoms with E-state index in [4.69, 9.17) is 4.42 Å². The van der Waals surface area contributed by atoms with E-state index in [2.05, 4.69) is 18.2 Å². The molecule has 2 atom stereocenters. The predicted octanol–water partition coefficient (Wildman–Crippen LogP) is 0.968. The second-order valence-corrected chi connectivity index (χ2v) is 3.74. The summed E-state index contributed by atoms with van der Waals surface area (Å²) in [6.45, 7) is 0. The van der Waals surface area contributed by atoms with Gasteiger partial charge in [-0.3, -0.25) is 0 Å². The molecule has 0 N–H and O–H groups in total. The maximum atomic E-state index is 5.37. The molecule has 46 valence electrons. The molecule has 0 amide bonds. The lowest BCUT2D eigenvalue weighted by Crippen LogP contribution is -2.08. The highest BCUT2D eigenvalue weighted by molar-refractivity contribution is 7.40. The molecule has 0 saturated carbocycles. The first-order chi connectivity index (χ1) is 4.47. The standard InChI is InChI=1S/C7H8OP/c1-2-4-7-6(3-1)8-5-9-7/h1-4,7,9H,5H2/q+1/p+1. The van der Waals surface area contributed by atoms with Gasteiger partial charge in [0, 0.05) is 6.08 Å². The summed E-state index contributed by atoms with van der Waals surface area (Å²) in [5.74, 6) is 1.19. The molecule has 2 aliphatic rings. The van der Waals surface area contributed by atoms with Crippen molar-refractivity contribution < 1.29 is 4.42 Å². The average molecular weight is 140 g/mol. The Balaban J connectivity index is 2.33. The number of fused-ring (bicyclic) bond motifs is 1. The average Bonchev–Trinajstić information content (AvgIpc) is 2.33. The van der Waals surface area contributed by atoms with Gasteiger partial charge in [-0.05, 0) is 6.08 Å². The molecule has 0 saturated heterocycles. The van der Waals surface area contributed by atoms with E-state index in [0.29, 0.717) is 14.2 Å². The first-order valence-corrected chi connectivity index (χ1v) is 4.63. The molecule has 9 heavy (non-hydrogen) atoms. The largest absolute Gasteiger partial charge is 0.367 e. The predicted molar refractivity (Wildman–Crippen MR) is 41.7 cm³/mol. The number of allylic oxidation sites excluding steroid dienone is 4. The molecule has 0 fully saturated rings. The van der Waals surface area contributed by atoms with Gasteiger partial charge < -0.3 is 0 Å². The third-order valence-electron chi connectivity index (χ3n) is 1.62. The zero-order chi connectivity index (χ0) is 6.10. The van der Waals surface area contributed by atoms with E-state index in [1.807, 2.05) is 6.08 Å². The van der Waals surface area contributed by atoms with Crippen LogP contribution in [0.15, 0.2) is 24.3 Å². The summed E-state index contributed by atoms with van der Waals surface area (Å²) in [5.41, 5.74) is 0.676. The molecule has 0 aromatic rings. The Morgan fingerprint density at radius 1 is 1.56 bits per heavy atom. The van der Waals surface area contributed by atoms with Crippen LogP contribution in [0.3, 0.4) is 0 Å². The van der Waals surface area contributed by atoms with Crippen LogP contribution in [0, 0.1) is 0 Å². The number of hydrogen-bond donors (Lipinski definition) is 0. The summed E-state index contributed by atoms with van der Waals surface area (Å²) in [5, 5.41) is 0. The molecule has 0 aromatic carbocycles. The molecule has 0 aromatic heterocycles. The van der Waals surface area contributed by atoms with Crippen LogP contribution in [0.5, 0.6) is 0 Å². The zero-order valence-electron chi connectivity index (χ0n) is 5.08. The Bertz CT molecular complexity index is 200. The van der Waals surface area contributed by atoms with E-state index >= 15 is 0 Å². The minimum atomic E-state index is 0.497. The fourth-order valence-electron chi connectivity index (χ4n) is 1.13. The molecule has 0 spiro atoms. The molecule has 0 radical (unpaired) electrons. The van der Waals surface area contributed by atoms with Gasteiger partial charge in [-0.15, -0.1) is 0 Å². The Morgan fingerprint density at radius 2 is 2.56 bits per heavy atom. The Labute approximate surface area is 55.9 Å². The van der Waals surface area contributed by atoms with E-state index in [0.717, 1.165) is 6.35 Å². The van der Waals surface area contributed by atoms with Crippen LogP contribution < -0.4 is 0 Å². The fourth-order valence-corrected chi connectivity index (χ4v) is 2.35. The zero-order valence-corrected chi connectivity index (χ0v) is 6.23. The van der Waals surface area contributed by atoms with Crippen LogP contribution in [-0.2, 0) is 4.42 Å². The van der Waals surface area contributed by atoms with Crippen LogP contribution >= 0.6 is 8.58 Å². The monoisotopic (exact) mass is 140 g/mol. The smallest absolute Gasteiger partial charge is 0.221 e. The first kappa shape index (κ1) is 5.37. The lowest BCUT2D eigenvalue weighted by molar-refractivity contribution is -0.428. The second-order valence-electron chi connectivity index (χ2n) is 2.22. The SMILES string of the molecule is C1=CC2=[O+]C[PH2+]C2C=C1. The molecule has 2 heteroatoms. The third kappa shape index (κ3) is 0.859. The van der Waals surface area contributed by atoms with Gasteiger partial charge in [-0.25, -0.2) is 4.42 Å². The molecule has 0 bridgehead atoms. The topological polar surface area (TPSA) is 11.3 Å². The van der Waals surface area contributed by atoms with Crippen molar-refractivity contribution in [2.24, 2.45) is 0 Å². The first-order valence-electron chi connectivity index (χ1n) is 3.15. The number of hydrogen-bond acceptors (Lipinski definition) is 0. The van der Waals surface area contributed by atoms with Gasteiger partial charge in [-0.1, -0.05) is 12.2 Å². The van der Waals surface area contributed by atoms with E-state index in [1.54, 1.807) is 0 Å². The van der Waals surface area contributed by atoms with Crippen molar-refractivity contribution in [3.63, 3.8) is 0 Å². The van der Waals surface area contributed by atoms with Gasteiger partial charge in [-0.2, -0.15) is 0 Å². The summed E-state index contributed by atoms with van der Waals surface area (Å²) < 4.78 is 5.37. The highest BCUT2D eigenvalue weighted by Crippen LogP contribution is 2.27. The highest BCUT2D eigenvalue weighted by atomic mass is 31.1. The van der Waals surface area contributed by atoms with Gasteiger partial charge in [0.15, 0.2) is 0 Å². The molecule has 1 nitrogen and oxygen atoms in total. The van der Waals surface area contributed by atoms with Crippen LogP contribution in [0.4, 0.5) is 0 Å². The van der Waals surface area contributed by atoms with Crippen molar-refractivity contribution in [3.8, 4) is 0 Å². The lowest BCUT2D eigenvalue weighted by Gasteiger charge is -1.90. The third-order valence-corrected chi connectivity index (χ3v) is 3.04. The van der Waals surface area contributed by atoms with Crippen molar-refractivity contribution >= 4 is 14.4 Å². The maximum Gasteiger partial charge on any atom is 0.367 e. The van der Waals surface area contributed by atoms with Crippen molar-refractivity contribution in [3.05, 3.63) is 24.3 Å². The van der Waals surface area contributed by atoms with E-state index in [-0.39, 0.29) is 0 Å². The van der Waals surface area contributed by atoms with E-state index < -0.39 is 0 Å². The Morgan fingerprint density at radius 3 is 3.44 bits per heavy atom. The van der Waals surface area contributed by atoms with Crippen LogP contribution in [0.25, 0.3) is 0 Å². The molecule has 1 heterocycles. The minimum Gasteiger partial charge on any atom is -0.221 e. The van der Waals surface area contributed by atoms with Crippen molar-refractivity contribution in [2.45, 2.75) is 5.66 Å². The van der Waals surface area contributed by atoms with Gasteiger partial charge in [0.05, 0.1) is 0 Å². The summed E-state index contributed by atoms with van der Waals surface area (Å²) in [7, 11) is 0.497. The molecule has 1 aliphatic carbocycles. The fraction of sp³-hybridized carbons (Fsp3) is 0.286. The van der Waals surface area contributed by atoms with Gasteiger partial charge in [0.2, 0.25) is 5.66 Å². The lowest BCUT2D eigenvalue weighted by atomic mass is 10.2. The van der Waals surface area contributed by atoms with Gasteiger partial charge in [0.1, 0.15) is 8.58 Å². The van der Waals surface area contributed by atoms with E-state index in [9.17, 15) is 0 Å². The minimum absolute atomic E-state index is 0.497. The Kier molecular flexibility index (Phi) is 1.24. The van der Waals surface area contributed by atoms with Gasteiger partial charge >= 0.3 is 12.1 Å². The van der Waals surface area contributed by atoms with Crippen molar-refractivity contribution in [1.29, 1.82) is 0 Å². The van der Waals surface area contributed by atoms with E-state index in [1.165, 1.54) is 5.78 Å². The number of ketones is 1.